The van der Waals surface area contributed by atoms with Crippen molar-refractivity contribution in [1.29, 1.82) is 0 Å². The molecule has 0 aliphatic heterocycles. The molecule has 0 aliphatic rings. The van der Waals surface area contributed by atoms with E-state index in [1.807, 2.05) is 0 Å². The van der Waals surface area contributed by atoms with Gasteiger partial charge in [0.2, 0.25) is 0 Å². The first-order valence-corrected chi connectivity index (χ1v) is 8.10. The number of methoxy groups -OCH3 is 1. The number of hydrogen-bond acceptors (Lipinski definition) is 4. The van der Waals surface area contributed by atoms with Crippen molar-refractivity contribution < 1.29 is 17.9 Å². The molecule has 0 saturated heterocycles. The average molecular weight is 402 g/mol. The summed E-state index contributed by atoms with van der Waals surface area (Å²) in [5.74, 6) is 0.515. The topological polar surface area (TPSA) is 61.0 Å². The van der Waals surface area contributed by atoms with Crippen molar-refractivity contribution in [2.24, 2.45) is 0 Å². The third-order valence-electron chi connectivity index (χ3n) is 3.91. The number of hydrogen-bond donors (Lipinski definition) is 1. The number of halogens is 5. The second-order valence-corrected chi connectivity index (χ2v) is 6.30. The maximum Gasteiger partial charge on any atom is 0.418 e. The van der Waals surface area contributed by atoms with Crippen molar-refractivity contribution in [2.75, 3.05) is 12.8 Å². The molecule has 4 nitrogen and oxygen atoms in total. The molecular weight excluding hydrogens is 390 g/mol. The lowest BCUT2D eigenvalue weighted by molar-refractivity contribution is -0.136. The van der Waals surface area contributed by atoms with Gasteiger partial charge in [-0.25, -0.2) is 0 Å². The van der Waals surface area contributed by atoms with Gasteiger partial charge in [-0.2, -0.15) is 18.3 Å². The van der Waals surface area contributed by atoms with E-state index in [9.17, 15) is 13.2 Å². The van der Waals surface area contributed by atoms with Crippen LogP contribution in [0.15, 0.2) is 30.3 Å². The molecule has 0 unspecified atom stereocenters. The zero-order valence-electron chi connectivity index (χ0n) is 13.4. The van der Waals surface area contributed by atoms with E-state index in [-0.39, 0.29) is 17.0 Å². The van der Waals surface area contributed by atoms with E-state index < -0.39 is 17.4 Å². The van der Waals surface area contributed by atoms with Crippen LogP contribution in [0.4, 0.5) is 18.9 Å². The Balaban J connectivity index is 2.12. The Morgan fingerprint density at radius 3 is 2.46 bits per heavy atom. The van der Waals surface area contributed by atoms with Crippen molar-refractivity contribution in [1.82, 2.24) is 10.2 Å². The minimum Gasteiger partial charge on any atom is -0.495 e. The van der Waals surface area contributed by atoms with Crippen LogP contribution in [0.1, 0.15) is 16.8 Å². The fourth-order valence-electron chi connectivity index (χ4n) is 2.68. The number of fused-ring (bicyclic) bond motifs is 1. The average Bonchev–Trinajstić information content (AvgIpc) is 2.56. The molecule has 0 bridgehead atoms. The molecule has 1 heterocycles. The van der Waals surface area contributed by atoms with Crippen LogP contribution < -0.4 is 10.5 Å². The van der Waals surface area contributed by atoms with Crippen LogP contribution in [0, 0.1) is 0 Å². The fourth-order valence-corrected chi connectivity index (χ4v) is 3.20. The molecule has 3 aromatic rings. The molecule has 0 spiro atoms. The molecule has 9 heteroatoms. The van der Waals surface area contributed by atoms with Gasteiger partial charge >= 0.3 is 6.18 Å². The van der Waals surface area contributed by atoms with Gasteiger partial charge in [-0.05, 0) is 23.8 Å². The van der Waals surface area contributed by atoms with Crippen LogP contribution in [0.5, 0.6) is 5.75 Å². The first-order valence-electron chi connectivity index (χ1n) is 7.35. The fraction of sp³-hybridized carbons (Fsp3) is 0.176. The van der Waals surface area contributed by atoms with Gasteiger partial charge in [-0.3, -0.25) is 0 Å². The van der Waals surface area contributed by atoms with Gasteiger partial charge in [0.15, 0.2) is 5.15 Å². The van der Waals surface area contributed by atoms with Crippen LogP contribution in [-0.2, 0) is 12.6 Å². The number of ether oxygens (including phenoxy) is 1. The van der Waals surface area contributed by atoms with Gasteiger partial charge in [0.25, 0.3) is 0 Å². The van der Waals surface area contributed by atoms with Gasteiger partial charge in [0.05, 0.1) is 29.1 Å². The Morgan fingerprint density at radius 2 is 1.85 bits per heavy atom. The summed E-state index contributed by atoms with van der Waals surface area (Å²) in [5, 5.41) is 8.44. The molecule has 136 valence electrons. The van der Waals surface area contributed by atoms with Crippen LogP contribution in [0.25, 0.3) is 10.8 Å². The third kappa shape index (κ3) is 3.37. The van der Waals surface area contributed by atoms with Gasteiger partial charge in [-0.15, -0.1) is 5.10 Å². The number of nitrogens with zero attached hydrogens (tertiary/aromatic N) is 2. The molecule has 0 radical (unpaired) electrons. The van der Waals surface area contributed by atoms with E-state index in [1.165, 1.54) is 13.2 Å². The van der Waals surface area contributed by atoms with E-state index in [1.54, 1.807) is 18.2 Å². The number of aromatic nitrogens is 2. The zero-order chi connectivity index (χ0) is 19.1. The number of rotatable bonds is 3. The molecule has 26 heavy (non-hydrogen) atoms. The summed E-state index contributed by atoms with van der Waals surface area (Å²) in [7, 11) is 1.50. The number of nitrogen functional groups attached to an aromatic ring is 1. The summed E-state index contributed by atoms with van der Waals surface area (Å²) in [5.41, 5.74) is 5.51. The maximum atomic E-state index is 13.1. The summed E-state index contributed by atoms with van der Waals surface area (Å²) in [6.07, 6.45) is -4.30. The van der Waals surface area contributed by atoms with E-state index in [2.05, 4.69) is 10.2 Å². The highest BCUT2D eigenvalue weighted by molar-refractivity contribution is 6.35. The third-order valence-corrected chi connectivity index (χ3v) is 4.47. The highest BCUT2D eigenvalue weighted by Crippen LogP contribution is 2.40. The van der Waals surface area contributed by atoms with Gasteiger partial charge < -0.3 is 10.5 Å². The SMILES string of the molecule is COc1ccc(Cc2nnc(Cl)c3c(N)c(C(F)(F)F)ccc23)cc1Cl. The number of benzene rings is 2. The minimum atomic E-state index is -4.59. The molecule has 0 saturated carbocycles. The first-order chi connectivity index (χ1) is 12.2. The van der Waals surface area contributed by atoms with Gasteiger partial charge in [0, 0.05) is 17.2 Å². The molecule has 0 fully saturated rings. The van der Waals surface area contributed by atoms with Crippen LogP contribution in [0.2, 0.25) is 10.2 Å². The van der Waals surface area contributed by atoms with Crippen molar-refractivity contribution in [2.45, 2.75) is 12.6 Å². The van der Waals surface area contributed by atoms with Crippen LogP contribution in [-0.4, -0.2) is 17.3 Å². The second kappa shape index (κ2) is 6.81. The highest BCUT2D eigenvalue weighted by atomic mass is 35.5. The van der Waals surface area contributed by atoms with Gasteiger partial charge in [-0.1, -0.05) is 35.3 Å². The quantitative estimate of drug-likeness (QED) is 0.617. The van der Waals surface area contributed by atoms with Crippen molar-refractivity contribution in [3.05, 3.63) is 57.3 Å². The van der Waals surface area contributed by atoms with E-state index >= 15 is 0 Å². The summed E-state index contributed by atoms with van der Waals surface area (Å²) in [6.45, 7) is 0. The smallest absolute Gasteiger partial charge is 0.418 e. The highest BCUT2D eigenvalue weighted by Gasteiger charge is 2.34. The predicted molar refractivity (Wildman–Crippen MR) is 94.8 cm³/mol. The second-order valence-electron chi connectivity index (χ2n) is 5.53. The lowest BCUT2D eigenvalue weighted by atomic mass is 10.0. The lowest BCUT2D eigenvalue weighted by Gasteiger charge is -2.14. The number of alkyl halides is 3. The Bertz CT molecular complexity index is 993. The molecule has 2 aromatic carbocycles. The summed E-state index contributed by atoms with van der Waals surface area (Å²) in [4.78, 5) is 0. The standard InChI is InChI=1S/C17H12Cl2F3N3O/c1-26-13-5-2-8(6-11(13)18)7-12-9-3-4-10(17(20,21)22)15(23)14(9)16(19)25-24-12/h2-6H,7,23H2,1H3. The van der Waals surface area contributed by atoms with Crippen LogP contribution >= 0.6 is 23.2 Å². The summed E-state index contributed by atoms with van der Waals surface area (Å²) < 4.78 is 44.4. The molecule has 0 aliphatic carbocycles. The molecule has 0 amide bonds. The van der Waals surface area contributed by atoms with Crippen LogP contribution in [0.3, 0.4) is 0 Å². The molecular formula is C17H12Cl2F3N3O. The zero-order valence-corrected chi connectivity index (χ0v) is 14.9. The normalized spacial score (nSPS) is 11.8. The van der Waals surface area contributed by atoms with Gasteiger partial charge in [0.1, 0.15) is 5.75 Å². The Labute approximate surface area is 156 Å². The first kappa shape index (κ1) is 18.5. The van der Waals surface area contributed by atoms with E-state index in [0.717, 1.165) is 11.6 Å². The minimum absolute atomic E-state index is 0.0334. The number of nitrogens with two attached hydrogens (primary N) is 1. The van der Waals surface area contributed by atoms with Crippen molar-refractivity contribution >= 4 is 39.7 Å². The van der Waals surface area contributed by atoms with Crippen molar-refractivity contribution in [3.63, 3.8) is 0 Å². The predicted octanol–water partition coefficient (Wildman–Crippen LogP) is 5.14. The monoisotopic (exact) mass is 401 g/mol. The number of anilines is 1. The lowest BCUT2D eigenvalue weighted by Crippen LogP contribution is -2.10. The molecule has 0 atom stereocenters. The van der Waals surface area contributed by atoms with Crippen molar-refractivity contribution in [3.8, 4) is 5.75 Å². The Kier molecular flexibility index (Phi) is 4.86. The largest absolute Gasteiger partial charge is 0.495 e. The maximum absolute atomic E-state index is 13.1. The Hall–Kier alpha value is -2.25. The van der Waals surface area contributed by atoms with E-state index in [0.29, 0.717) is 21.9 Å². The molecule has 2 N–H and O–H groups in total. The summed E-state index contributed by atoms with van der Waals surface area (Å²) >= 11 is 12.1. The molecule has 3 rings (SSSR count). The summed E-state index contributed by atoms with van der Waals surface area (Å²) in [6, 6.07) is 7.38. The van der Waals surface area contributed by atoms with E-state index in [4.69, 9.17) is 33.7 Å². The molecule has 1 aromatic heterocycles. The Morgan fingerprint density at radius 1 is 1.12 bits per heavy atom.